The number of benzene rings is 2. The smallest absolute Gasteiger partial charge is 0.122 e. The first kappa shape index (κ1) is 17.8. The molecule has 2 aromatic carbocycles. The molecule has 1 atom stereocenters. The lowest BCUT2D eigenvalue weighted by molar-refractivity contribution is 0.242. The Kier molecular flexibility index (Phi) is 6.05. The van der Waals surface area contributed by atoms with E-state index < -0.39 is 0 Å². The molecule has 1 aliphatic heterocycles. The van der Waals surface area contributed by atoms with Gasteiger partial charge in [0.15, 0.2) is 0 Å². The first-order chi connectivity index (χ1) is 10.7. The Morgan fingerprint density at radius 2 is 1.91 bits per heavy atom. The highest BCUT2D eigenvalue weighted by Crippen LogP contribution is 2.28. The average molecular weight is 333 g/mol. The van der Waals surface area contributed by atoms with E-state index >= 15 is 0 Å². The molecule has 0 aromatic heterocycles. The summed E-state index contributed by atoms with van der Waals surface area (Å²) in [7, 11) is 1.75. The Balaban J connectivity index is 0.00000192. The normalized spacial score (nSPS) is 15.4. The zero-order chi connectivity index (χ0) is 15.5. The van der Waals surface area contributed by atoms with E-state index in [4.69, 9.17) is 10.5 Å². The third-order valence-corrected chi connectivity index (χ3v) is 4.43. The van der Waals surface area contributed by atoms with Crippen LogP contribution >= 0.6 is 12.4 Å². The quantitative estimate of drug-likeness (QED) is 0.928. The largest absolute Gasteiger partial charge is 0.496 e. The van der Waals surface area contributed by atoms with Crippen molar-refractivity contribution >= 4 is 12.4 Å². The van der Waals surface area contributed by atoms with Crippen molar-refractivity contribution in [2.24, 2.45) is 5.73 Å². The van der Waals surface area contributed by atoms with Crippen LogP contribution in [0.1, 0.15) is 35.2 Å². The summed E-state index contributed by atoms with van der Waals surface area (Å²) >= 11 is 0. The number of methoxy groups -OCH3 is 1. The van der Waals surface area contributed by atoms with Crippen LogP contribution < -0.4 is 10.5 Å². The van der Waals surface area contributed by atoms with Crippen molar-refractivity contribution in [2.45, 2.75) is 32.5 Å². The second-order valence-electron chi connectivity index (χ2n) is 6.09. The summed E-state index contributed by atoms with van der Waals surface area (Å²) in [5.74, 6) is 1.03. The molecule has 23 heavy (non-hydrogen) atoms. The lowest BCUT2D eigenvalue weighted by atomic mass is 9.98. The van der Waals surface area contributed by atoms with Crippen molar-refractivity contribution in [1.82, 2.24) is 4.90 Å². The lowest BCUT2D eigenvalue weighted by Crippen LogP contribution is -2.30. The van der Waals surface area contributed by atoms with Crippen molar-refractivity contribution in [3.05, 3.63) is 64.7 Å². The zero-order valence-electron chi connectivity index (χ0n) is 13.8. The van der Waals surface area contributed by atoms with Gasteiger partial charge in [-0.25, -0.2) is 0 Å². The zero-order valence-corrected chi connectivity index (χ0v) is 14.6. The minimum absolute atomic E-state index is 0. The Labute approximate surface area is 144 Å². The third kappa shape index (κ3) is 4.05. The fourth-order valence-electron chi connectivity index (χ4n) is 3.14. The molecule has 4 heteroatoms. The van der Waals surface area contributed by atoms with Crippen LogP contribution in [0.2, 0.25) is 0 Å². The minimum Gasteiger partial charge on any atom is -0.496 e. The van der Waals surface area contributed by atoms with E-state index in [1.165, 1.54) is 22.3 Å². The van der Waals surface area contributed by atoms with Crippen molar-refractivity contribution in [1.29, 1.82) is 0 Å². The molecule has 1 heterocycles. The minimum atomic E-state index is 0. The van der Waals surface area contributed by atoms with E-state index in [1.54, 1.807) is 7.11 Å². The molecule has 0 saturated carbocycles. The molecule has 0 aliphatic carbocycles. The van der Waals surface area contributed by atoms with Gasteiger partial charge in [-0.05, 0) is 41.7 Å². The molecular formula is C19H25ClN2O. The fourth-order valence-corrected chi connectivity index (χ4v) is 3.14. The number of rotatable bonds is 4. The van der Waals surface area contributed by atoms with Gasteiger partial charge in [-0.2, -0.15) is 0 Å². The Morgan fingerprint density at radius 3 is 2.57 bits per heavy atom. The Bertz CT molecular complexity index is 640. The van der Waals surface area contributed by atoms with Crippen LogP contribution in [0.25, 0.3) is 0 Å². The van der Waals surface area contributed by atoms with Crippen LogP contribution in [-0.4, -0.2) is 18.6 Å². The van der Waals surface area contributed by atoms with E-state index in [2.05, 4.69) is 47.4 Å². The predicted octanol–water partition coefficient (Wildman–Crippen LogP) is 3.70. The fraction of sp³-hybridized carbons (Fsp3) is 0.368. The van der Waals surface area contributed by atoms with Crippen molar-refractivity contribution in [3.63, 3.8) is 0 Å². The van der Waals surface area contributed by atoms with Crippen LogP contribution in [0.15, 0.2) is 42.5 Å². The first-order valence-electron chi connectivity index (χ1n) is 7.89. The van der Waals surface area contributed by atoms with Crippen molar-refractivity contribution in [2.75, 3.05) is 13.7 Å². The maximum Gasteiger partial charge on any atom is 0.122 e. The molecule has 3 nitrogen and oxygen atoms in total. The van der Waals surface area contributed by atoms with E-state index in [9.17, 15) is 0 Å². The number of hydrogen-bond acceptors (Lipinski definition) is 3. The molecule has 124 valence electrons. The van der Waals surface area contributed by atoms with Crippen molar-refractivity contribution < 1.29 is 4.74 Å². The van der Waals surface area contributed by atoms with Gasteiger partial charge in [0.2, 0.25) is 0 Å². The van der Waals surface area contributed by atoms with Crippen LogP contribution in [0.5, 0.6) is 5.75 Å². The molecule has 0 saturated heterocycles. The molecule has 3 rings (SSSR count). The highest BCUT2D eigenvalue weighted by molar-refractivity contribution is 5.85. The van der Waals surface area contributed by atoms with Gasteiger partial charge in [-0.3, -0.25) is 4.90 Å². The SMILES string of the molecule is COc1cccc2c1CCN(Cc1ccc([C@H](C)N)cc1)C2.Cl. The van der Waals surface area contributed by atoms with Gasteiger partial charge < -0.3 is 10.5 Å². The van der Waals surface area contributed by atoms with Crippen LogP contribution in [0.3, 0.4) is 0 Å². The van der Waals surface area contributed by atoms with E-state index in [0.717, 1.165) is 31.8 Å². The monoisotopic (exact) mass is 332 g/mol. The topological polar surface area (TPSA) is 38.5 Å². The van der Waals surface area contributed by atoms with Gasteiger partial charge >= 0.3 is 0 Å². The predicted molar refractivity (Wildman–Crippen MR) is 97.1 cm³/mol. The number of hydrogen-bond donors (Lipinski definition) is 1. The van der Waals surface area contributed by atoms with E-state index in [-0.39, 0.29) is 18.4 Å². The van der Waals surface area contributed by atoms with Crippen LogP contribution in [-0.2, 0) is 19.5 Å². The summed E-state index contributed by atoms with van der Waals surface area (Å²) in [4.78, 5) is 2.49. The second-order valence-corrected chi connectivity index (χ2v) is 6.09. The van der Waals surface area contributed by atoms with Gasteiger partial charge in [0, 0.05) is 25.7 Å². The third-order valence-electron chi connectivity index (χ3n) is 4.43. The van der Waals surface area contributed by atoms with Gasteiger partial charge in [0.05, 0.1) is 7.11 Å². The molecule has 0 bridgehead atoms. The number of halogens is 1. The van der Waals surface area contributed by atoms with Gasteiger partial charge in [0.1, 0.15) is 5.75 Å². The number of nitrogens with two attached hydrogens (primary N) is 1. The number of ether oxygens (including phenoxy) is 1. The first-order valence-corrected chi connectivity index (χ1v) is 7.89. The van der Waals surface area contributed by atoms with Gasteiger partial charge in [0.25, 0.3) is 0 Å². The Morgan fingerprint density at radius 1 is 1.17 bits per heavy atom. The molecule has 0 amide bonds. The summed E-state index contributed by atoms with van der Waals surface area (Å²) < 4.78 is 5.47. The Hall–Kier alpha value is -1.55. The molecule has 0 fully saturated rings. The maximum atomic E-state index is 5.91. The van der Waals surface area contributed by atoms with Crippen LogP contribution in [0.4, 0.5) is 0 Å². The summed E-state index contributed by atoms with van der Waals surface area (Å²) in [6.45, 7) is 5.06. The van der Waals surface area contributed by atoms with Crippen LogP contribution in [0, 0.1) is 0 Å². The molecule has 2 aromatic rings. The summed E-state index contributed by atoms with van der Waals surface area (Å²) in [6.07, 6.45) is 1.05. The number of nitrogens with zero attached hydrogens (tertiary/aromatic N) is 1. The summed E-state index contributed by atoms with van der Waals surface area (Å²) in [6, 6.07) is 15.1. The molecule has 1 aliphatic rings. The van der Waals surface area contributed by atoms with Gasteiger partial charge in [-0.15, -0.1) is 12.4 Å². The number of fused-ring (bicyclic) bond motifs is 1. The highest BCUT2D eigenvalue weighted by atomic mass is 35.5. The lowest BCUT2D eigenvalue weighted by Gasteiger charge is -2.29. The molecular weight excluding hydrogens is 308 g/mol. The molecule has 0 spiro atoms. The molecule has 0 unspecified atom stereocenters. The van der Waals surface area contributed by atoms with Gasteiger partial charge in [-0.1, -0.05) is 36.4 Å². The highest BCUT2D eigenvalue weighted by Gasteiger charge is 2.19. The van der Waals surface area contributed by atoms with E-state index in [0.29, 0.717) is 0 Å². The molecule has 0 radical (unpaired) electrons. The summed E-state index contributed by atoms with van der Waals surface area (Å²) in [5.41, 5.74) is 11.2. The summed E-state index contributed by atoms with van der Waals surface area (Å²) in [5, 5.41) is 0. The average Bonchev–Trinajstić information content (AvgIpc) is 2.54. The second kappa shape index (κ2) is 7.82. The van der Waals surface area contributed by atoms with Crippen molar-refractivity contribution in [3.8, 4) is 5.75 Å². The maximum absolute atomic E-state index is 5.91. The van der Waals surface area contributed by atoms with E-state index in [1.807, 2.05) is 6.92 Å². The molecule has 2 N–H and O–H groups in total. The standard InChI is InChI=1S/C19H24N2O.ClH/c1-14(20)16-8-6-15(7-9-16)12-21-11-10-18-17(13-21)4-3-5-19(18)22-2;/h3-9,14H,10-13,20H2,1-2H3;1H/t14-;/m0./s1.